The average Bonchev–Trinajstić information content (AvgIpc) is 2.17. The lowest BCUT2D eigenvalue weighted by atomic mass is 10.1. The van der Waals surface area contributed by atoms with Crippen LogP contribution >= 0.6 is 34.8 Å². The van der Waals surface area contributed by atoms with Crippen LogP contribution in [0.4, 0.5) is 0 Å². The highest BCUT2D eigenvalue weighted by atomic mass is 35.5. The highest BCUT2D eigenvalue weighted by molar-refractivity contribution is 6.65. The third kappa shape index (κ3) is 2.12. The molecule has 0 bridgehead atoms. The molecule has 2 nitrogen and oxygen atoms in total. The monoisotopic (exact) mass is 260 g/mol. The van der Waals surface area contributed by atoms with E-state index in [0.717, 1.165) is 0 Å². The van der Waals surface area contributed by atoms with Gasteiger partial charge in [-0.3, -0.25) is 0 Å². The molecule has 78 valence electrons. The van der Waals surface area contributed by atoms with Gasteiger partial charge in [-0.2, -0.15) is 0 Å². The maximum Gasteiger partial charge on any atom is 0.197 e. The number of halogens is 3. The van der Waals surface area contributed by atoms with Gasteiger partial charge < -0.3 is 5.32 Å². The second-order valence-corrected chi connectivity index (χ2v) is 4.37. The molecule has 1 unspecified atom stereocenters. The van der Waals surface area contributed by atoms with Crippen molar-refractivity contribution in [2.45, 2.75) is 5.00 Å². The van der Waals surface area contributed by atoms with Crippen LogP contribution in [0.5, 0.6) is 0 Å². The Morgan fingerprint density at radius 1 is 1.20 bits per heavy atom. The lowest BCUT2D eigenvalue weighted by Crippen LogP contribution is -2.25. The molecule has 1 aliphatic rings. The molecule has 1 heterocycles. The van der Waals surface area contributed by atoms with E-state index in [1.54, 1.807) is 18.3 Å². The Morgan fingerprint density at radius 2 is 1.93 bits per heavy atom. The first-order valence-electron chi connectivity index (χ1n) is 4.25. The van der Waals surface area contributed by atoms with E-state index < -0.39 is 5.00 Å². The smallest absolute Gasteiger partial charge is 0.197 e. The van der Waals surface area contributed by atoms with Crippen LogP contribution in [0.3, 0.4) is 0 Å². The van der Waals surface area contributed by atoms with Gasteiger partial charge in [-0.15, -0.1) is 0 Å². The number of nitrogens with one attached hydrogen (secondary N) is 1. The zero-order chi connectivity index (χ0) is 10.9. The summed E-state index contributed by atoms with van der Waals surface area (Å²) in [6, 6.07) is 7.27. The minimum atomic E-state index is -1.01. The molecule has 0 radical (unpaired) electrons. The summed E-state index contributed by atoms with van der Waals surface area (Å²) >= 11 is 18.1. The molecule has 1 aromatic rings. The number of benzene rings is 1. The highest BCUT2D eigenvalue weighted by Gasteiger charge is 2.30. The number of amidine groups is 1. The predicted molar refractivity (Wildman–Crippen MR) is 64.5 cm³/mol. The van der Waals surface area contributed by atoms with Crippen molar-refractivity contribution in [1.29, 1.82) is 0 Å². The average molecular weight is 262 g/mol. The number of rotatable bonds is 1. The van der Waals surface area contributed by atoms with Crippen LogP contribution in [0.2, 0.25) is 5.02 Å². The first-order valence-corrected chi connectivity index (χ1v) is 5.39. The molecule has 0 saturated heterocycles. The number of alkyl halides is 1. The SMILES string of the molecule is ClC1=NC(Cl)(c2ccccc2Cl)C=CN1. The molecule has 1 aromatic carbocycles. The molecule has 1 aliphatic heterocycles. The van der Waals surface area contributed by atoms with Gasteiger partial charge in [0.25, 0.3) is 0 Å². The molecular weight excluding hydrogens is 254 g/mol. The van der Waals surface area contributed by atoms with E-state index in [0.29, 0.717) is 10.6 Å². The van der Waals surface area contributed by atoms with Crippen molar-refractivity contribution >= 4 is 40.1 Å². The van der Waals surface area contributed by atoms with Crippen LogP contribution in [0.25, 0.3) is 0 Å². The number of hydrogen-bond donors (Lipinski definition) is 1. The molecule has 0 spiro atoms. The topological polar surface area (TPSA) is 24.4 Å². The van der Waals surface area contributed by atoms with Gasteiger partial charge in [-0.1, -0.05) is 41.4 Å². The Morgan fingerprint density at radius 3 is 2.60 bits per heavy atom. The van der Waals surface area contributed by atoms with Crippen molar-refractivity contribution in [1.82, 2.24) is 5.32 Å². The zero-order valence-electron chi connectivity index (χ0n) is 7.55. The fourth-order valence-electron chi connectivity index (χ4n) is 1.33. The summed E-state index contributed by atoms with van der Waals surface area (Å²) in [4.78, 5) is 3.10. The molecule has 0 saturated carbocycles. The lowest BCUT2D eigenvalue weighted by molar-refractivity contribution is 0.790. The highest BCUT2D eigenvalue weighted by Crippen LogP contribution is 2.37. The van der Waals surface area contributed by atoms with Gasteiger partial charge in [0.1, 0.15) is 0 Å². The third-order valence-electron chi connectivity index (χ3n) is 2.02. The van der Waals surface area contributed by atoms with Crippen LogP contribution in [0.1, 0.15) is 5.56 Å². The van der Waals surface area contributed by atoms with Crippen LogP contribution < -0.4 is 5.32 Å². The number of aliphatic imine (C=N–C) groups is 1. The van der Waals surface area contributed by atoms with Gasteiger partial charge in [0, 0.05) is 16.8 Å². The van der Waals surface area contributed by atoms with Crippen molar-refractivity contribution < 1.29 is 0 Å². The van der Waals surface area contributed by atoms with E-state index in [4.69, 9.17) is 34.8 Å². The number of hydrogen-bond acceptors (Lipinski definition) is 2. The van der Waals surface area contributed by atoms with E-state index in [9.17, 15) is 0 Å². The van der Waals surface area contributed by atoms with Gasteiger partial charge in [-0.25, -0.2) is 4.99 Å². The fraction of sp³-hybridized carbons (Fsp3) is 0.100. The second-order valence-electron chi connectivity index (χ2n) is 3.03. The Bertz CT molecular complexity index is 442. The van der Waals surface area contributed by atoms with Gasteiger partial charge in [-0.05, 0) is 23.7 Å². The zero-order valence-corrected chi connectivity index (χ0v) is 9.81. The molecule has 0 aromatic heterocycles. The molecule has 5 heteroatoms. The van der Waals surface area contributed by atoms with E-state index in [1.165, 1.54) is 0 Å². The minimum Gasteiger partial charge on any atom is -0.337 e. The molecule has 2 rings (SSSR count). The van der Waals surface area contributed by atoms with Crippen molar-refractivity contribution in [2.75, 3.05) is 0 Å². The maximum absolute atomic E-state index is 6.32. The van der Waals surface area contributed by atoms with Gasteiger partial charge in [0.05, 0.1) is 0 Å². The van der Waals surface area contributed by atoms with E-state index in [2.05, 4.69) is 10.3 Å². The summed E-state index contributed by atoms with van der Waals surface area (Å²) in [7, 11) is 0. The van der Waals surface area contributed by atoms with Gasteiger partial charge in [0.15, 0.2) is 10.3 Å². The molecule has 0 amide bonds. The van der Waals surface area contributed by atoms with E-state index in [1.807, 2.05) is 18.2 Å². The minimum absolute atomic E-state index is 0.243. The van der Waals surface area contributed by atoms with Crippen LogP contribution in [0.15, 0.2) is 41.5 Å². The molecular formula is C10H7Cl3N2. The Kier molecular flexibility index (Phi) is 2.91. The van der Waals surface area contributed by atoms with Crippen LogP contribution in [-0.4, -0.2) is 5.29 Å². The number of nitrogens with zero attached hydrogens (tertiary/aromatic N) is 1. The Balaban J connectivity index is 2.50. The molecule has 1 atom stereocenters. The van der Waals surface area contributed by atoms with Gasteiger partial charge >= 0.3 is 0 Å². The third-order valence-corrected chi connectivity index (χ3v) is 2.96. The van der Waals surface area contributed by atoms with E-state index in [-0.39, 0.29) is 5.29 Å². The predicted octanol–water partition coefficient (Wildman–Crippen LogP) is 3.44. The summed E-state index contributed by atoms with van der Waals surface area (Å²) in [6.45, 7) is 0. The van der Waals surface area contributed by atoms with Crippen molar-refractivity contribution in [3.63, 3.8) is 0 Å². The van der Waals surface area contributed by atoms with Crippen molar-refractivity contribution in [2.24, 2.45) is 4.99 Å². The summed E-state index contributed by atoms with van der Waals surface area (Å²) in [5, 5.41) is 3.54. The molecule has 0 fully saturated rings. The van der Waals surface area contributed by atoms with Crippen LogP contribution in [0, 0.1) is 0 Å². The van der Waals surface area contributed by atoms with E-state index >= 15 is 0 Å². The standard InChI is InChI=1S/C10H7Cl3N2/c11-8-4-2-1-3-7(8)10(13)5-6-14-9(12)15-10/h1-6H,(H,14,15). The lowest BCUT2D eigenvalue weighted by Gasteiger charge is -2.23. The van der Waals surface area contributed by atoms with Crippen LogP contribution in [-0.2, 0) is 5.00 Å². The quantitative estimate of drug-likeness (QED) is 0.608. The summed E-state index contributed by atoms with van der Waals surface area (Å²) in [5.41, 5.74) is 0.712. The Hall–Kier alpha value is -0.700. The summed E-state index contributed by atoms with van der Waals surface area (Å²) in [6.07, 6.45) is 3.34. The first-order chi connectivity index (χ1) is 7.12. The van der Waals surface area contributed by atoms with Crippen molar-refractivity contribution in [3.05, 3.63) is 47.1 Å². The largest absolute Gasteiger partial charge is 0.337 e. The fourth-order valence-corrected chi connectivity index (χ4v) is 2.21. The summed E-state index contributed by atoms with van der Waals surface area (Å²) < 4.78 is 0. The Labute approximate surface area is 103 Å². The van der Waals surface area contributed by atoms with Crippen molar-refractivity contribution in [3.8, 4) is 0 Å². The normalized spacial score (nSPS) is 24.6. The van der Waals surface area contributed by atoms with Gasteiger partial charge in [0.2, 0.25) is 0 Å². The molecule has 15 heavy (non-hydrogen) atoms. The molecule has 0 aliphatic carbocycles. The summed E-state index contributed by atoms with van der Waals surface area (Å²) in [5.74, 6) is 0. The first kappa shape index (κ1) is 10.8. The maximum atomic E-state index is 6.32. The molecule has 1 N–H and O–H groups in total. The second kappa shape index (κ2) is 4.05.